The largest absolute Gasteiger partial charge is 0.463 e. The van der Waals surface area contributed by atoms with E-state index < -0.39 is 10.8 Å². The fraction of sp³-hybridized carbons (Fsp3) is 0.545. The van der Waals surface area contributed by atoms with Gasteiger partial charge in [-0.05, 0) is 55.7 Å². The second-order valence-electron chi connectivity index (χ2n) is 9.54. The average Bonchev–Trinajstić information content (AvgIpc) is 3.05. The van der Waals surface area contributed by atoms with Crippen molar-refractivity contribution >= 4 is 34.2 Å². The number of rotatable bonds is 5. The van der Waals surface area contributed by atoms with Gasteiger partial charge in [-0.25, -0.2) is 0 Å². The quantitative estimate of drug-likeness (QED) is 0.707. The number of anilines is 2. The maximum atomic E-state index is 12.5. The number of nitrogens with zero attached hydrogens (tertiary/aromatic N) is 3. The molecule has 6 rings (SSSR count). The second kappa shape index (κ2) is 7.05. The van der Waals surface area contributed by atoms with Crippen LogP contribution in [0.2, 0.25) is 5.02 Å². The van der Waals surface area contributed by atoms with Crippen molar-refractivity contribution in [2.24, 2.45) is 5.41 Å². The van der Waals surface area contributed by atoms with Crippen LogP contribution in [-0.2, 0) is 10.8 Å². The van der Waals surface area contributed by atoms with E-state index in [2.05, 4.69) is 27.3 Å². The minimum atomic E-state index is -1.28. The van der Waals surface area contributed by atoms with E-state index in [0.29, 0.717) is 33.9 Å². The van der Waals surface area contributed by atoms with Crippen molar-refractivity contribution < 1.29 is 14.1 Å². The summed E-state index contributed by atoms with van der Waals surface area (Å²) < 4.78 is 18.1. The summed E-state index contributed by atoms with van der Waals surface area (Å²) in [6.45, 7) is 1.88. The predicted molar refractivity (Wildman–Crippen MR) is 119 cm³/mol. The Bertz CT molecular complexity index is 1040. The van der Waals surface area contributed by atoms with Gasteiger partial charge in [-0.2, -0.15) is 9.97 Å². The zero-order valence-electron chi connectivity index (χ0n) is 17.1. The number of nitrogens with one attached hydrogen (secondary N) is 1. The van der Waals surface area contributed by atoms with Crippen LogP contribution >= 0.6 is 11.6 Å². The van der Waals surface area contributed by atoms with Gasteiger partial charge in [0, 0.05) is 23.5 Å². The SMILES string of the molecule is O=S1COc2nc(N3CC4(CC(c5ccc(Cl)cc5)C4)C3)nc(NC3(CO)CCC3)c21. The Morgan fingerprint density at radius 3 is 2.61 bits per heavy atom. The normalized spacial score (nSPS) is 25.2. The van der Waals surface area contributed by atoms with Crippen molar-refractivity contribution in [1.29, 1.82) is 0 Å². The molecule has 2 saturated carbocycles. The van der Waals surface area contributed by atoms with Gasteiger partial charge in [-0.15, -0.1) is 0 Å². The van der Waals surface area contributed by atoms with Crippen molar-refractivity contribution in [2.45, 2.75) is 48.5 Å². The third-order valence-electron chi connectivity index (χ3n) is 7.39. The summed E-state index contributed by atoms with van der Waals surface area (Å²) >= 11 is 6.01. The van der Waals surface area contributed by atoms with Crippen LogP contribution in [0.5, 0.6) is 5.88 Å². The van der Waals surface area contributed by atoms with Crippen LogP contribution in [0.4, 0.5) is 11.8 Å². The smallest absolute Gasteiger partial charge is 0.238 e. The van der Waals surface area contributed by atoms with Gasteiger partial charge in [0.15, 0.2) is 11.8 Å². The third kappa shape index (κ3) is 3.22. The van der Waals surface area contributed by atoms with E-state index >= 15 is 0 Å². The number of benzene rings is 1. The van der Waals surface area contributed by atoms with Crippen molar-refractivity contribution in [3.05, 3.63) is 34.9 Å². The molecule has 2 aromatic rings. The van der Waals surface area contributed by atoms with Gasteiger partial charge in [0.1, 0.15) is 15.7 Å². The fourth-order valence-electron chi connectivity index (χ4n) is 5.41. The summed E-state index contributed by atoms with van der Waals surface area (Å²) in [4.78, 5) is 12.0. The Morgan fingerprint density at radius 2 is 1.97 bits per heavy atom. The summed E-state index contributed by atoms with van der Waals surface area (Å²) in [7, 11) is -1.28. The molecule has 3 heterocycles. The van der Waals surface area contributed by atoms with Crippen LogP contribution in [0, 0.1) is 5.41 Å². The Kier molecular flexibility index (Phi) is 4.49. The average molecular weight is 461 g/mol. The number of aliphatic hydroxyl groups excluding tert-OH is 1. The summed E-state index contributed by atoms with van der Waals surface area (Å²) in [6.07, 6.45) is 5.15. The molecule has 4 aliphatic rings. The first kappa shape index (κ1) is 19.8. The summed E-state index contributed by atoms with van der Waals surface area (Å²) in [5.41, 5.74) is 1.31. The first-order valence-electron chi connectivity index (χ1n) is 10.8. The highest BCUT2D eigenvalue weighted by Gasteiger charge is 2.53. The highest BCUT2D eigenvalue weighted by atomic mass is 35.5. The lowest BCUT2D eigenvalue weighted by atomic mass is 9.56. The molecule has 9 heteroatoms. The Labute approximate surface area is 188 Å². The van der Waals surface area contributed by atoms with E-state index in [1.807, 2.05) is 12.1 Å². The first-order chi connectivity index (χ1) is 15.0. The van der Waals surface area contributed by atoms with Gasteiger partial charge in [-0.3, -0.25) is 4.21 Å². The van der Waals surface area contributed by atoms with E-state index in [1.165, 1.54) is 5.56 Å². The van der Waals surface area contributed by atoms with Crippen LogP contribution < -0.4 is 15.0 Å². The number of halogens is 1. The molecule has 1 atom stereocenters. The van der Waals surface area contributed by atoms with Crippen molar-refractivity contribution in [2.75, 3.05) is 35.9 Å². The van der Waals surface area contributed by atoms with E-state index in [0.717, 1.165) is 50.2 Å². The number of hydrogen-bond acceptors (Lipinski definition) is 7. The van der Waals surface area contributed by atoms with Crippen molar-refractivity contribution in [1.82, 2.24) is 9.97 Å². The topological polar surface area (TPSA) is 87.6 Å². The van der Waals surface area contributed by atoms with E-state index in [1.54, 1.807) is 0 Å². The highest BCUT2D eigenvalue weighted by molar-refractivity contribution is 7.85. The fourth-order valence-corrected chi connectivity index (χ4v) is 6.49. The first-order valence-corrected chi connectivity index (χ1v) is 12.5. The van der Waals surface area contributed by atoms with Crippen LogP contribution in [0.1, 0.15) is 43.6 Å². The van der Waals surface area contributed by atoms with Crippen molar-refractivity contribution in [3.8, 4) is 5.88 Å². The minimum absolute atomic E-state index is 0.0352. The zero-order valence-corrected chi connectivity index (χ0v) is 18.7. The molecule has 1 spiro atoms. The molecule has 164 valence electrons. The third-order valence-corrected chi connectivity index (χ3v) is 8.79. The molecule has 2 aliphatic heterocycles. The standard InChI is InChI=1S/C22H25ClN4O3S/c23-16-4-2-14(3-5-16)15-8-21(9-15)10-27(11-21)20-24-18(26-22(12-28)6-1-7-22)17-19(25-20)30-13-31(17)29/h2-5,15,28H,1,6-13H2,(H,24,25,26). The van der Waals surface area contributed by atoms with Gasteiger partial charge in [-0.1, -0.05) is 23.7 Å². The number of hydrogen-bond donors (Lipinski definition) is 2. The Balaban J connectivity index is 1.18. The Morgan fingerprint density at radius 1 is 1.23 bits per heavy atom. The molecule has 0 bridgehead atoms. The zero-order chi connectivity index (χ0) is 21.2. The summed E-state index contributed by atoms with van der Waals surface area (Å²) in [5.74, 6) is 2.28. The lowest BCUT2D eigenvalue weighted by Crippen LogP contribution is -2.62. The lowest BCUT2D eigenvalue weighted by Gasteiger charge is -2.59. The molecule has 2 N–H and O–H groups in total. The molecule has 31 heavy (non-hydrogen) atoms. The van der Waals surface area contributed by atoms with E-state index in [9.17, 15) is 9.32 Å². The molecule has 0 amide bonds. The molecule has 1 saturated heterocycles. The number of fused-ring (bicyclic) bond motifs is 1. The maximum absolute atomic E-state index is 12.5. The molecule has 1 unspecified atom stereocenters. The molecule has 1 aromatic carbocycles. The molecule has 1 aromatic heterocycles. The van der Waals surface area contributed by atoms with Crippen LogP contribution in [-0.4, -0.2) is 50.5 Å². The van der Waals surface area contributed by atoms with Crippen LogP contribution in [0.15, 0.2) is 29.2 Å². The molecule has 7 nitrogen and oxygen atoms in total. The predicted octanol–water partition coefficient (Wildman–Crippen LogP) is 3.30. The Hall–Kier alpha value is -1.90. The van der Waals surface area contributed by atoms with Gasteiger partial charge in [0.25, 0.3) is 0 Å². The molecule has 2 aliphatic carbocycles. The second-order valence-corrected chi connectivity index (χ2v) is 11.3. The van der Waals surface area contributed by atoms with Gasteiger partial charge >= 0.3 is 0 Å². The lowest BCUT2D eigenvalue weighted by molar-refractivity contribution is 0.0619. The van der Waals surface area contributed by atoms with E-state index in [4.69, 9.17) is 21.3 Å². The molecular formula is C22H25ClN4O3S. The van der Waals surface area contributed by atoms with E-state index in [-0.39, 0.29) is 18.1 Å². The maximum Gasteiger partial charge on any atom is 0.238 e. The van der Waals surface area contributed by atoms with Gasteiger partial charge < -0.3 is 20.1 Å². The number of aromatic nitrogens is 2. The summed E-state index contributed by atoms with van der Waals surface area (Å²) in [6, 6.07) is 8.19. The molecular weight excluding hydrogens is 436 g/mol. The number of ether oxygens (including phenoxy) is 1. The number of aliphatic hydroxyl groups is 1. The monoisotopic (exact) mass is 460 g/mol. The summed E-state index contributed by atoms with van der Waals surface area (Å²) in [5, 5.41) is 14.0. The highest BCUT2D eigenvalue weighted by Crippen LogP contribution is 2.56. The van der Waals surface area contributed by atoms with Gasteiger partial charge in [0.05, 0.1) is 12.1 Å². The van der Waals surface area contributed by atoms with Crippen LogP contribution in [0.3, 0.4) is 0 Å². The molecule has 0 radical (unpaired) electrons. The van der Waals surface area contributed by atoms with Gasteiger partial charge in [0.2, 0.25) is 11.8 Å². The molecule has 3 fully saturated rings. The van der Waals surface area contributed by atoms with Crippen LogP contribution in [0.25, 0.3) is 0 Å². The van der Waals surface area contributed by atoms with Crippen molar-refractivity contribution in [3.63, 3.8) is 0 Å². The minimum Gasteiger partial charge on any atom is -0.463 e.